The first kappa shape index (κ1) is 22.5. The number of nitrogens with zero attached hydrogens (tertiary/aromatic N) is 2. The van der Waals surface area contributed by atoms with Gasteiger partial charge >= 0.3 is 6.18 Å². The van der Waals surface area contributed by atoms with E-state index in [0.717, 1.165) is 49.2 Å². The maximum absolute atomic E-state index is 12.4. The van der Waals surface area contributed by atoms with Crippen LogP contribution in [0.15, 0.2) is 42.5 Å². The average Bonchev–Trinajstić information content (AvgIpc) is 2.72. The number of carbonyl (C=O) groups is 1. The number of anilines is 1. The summed E-state index contributed by atoms with van der Waals surface area (Å²) in [6, 6.07) is 13.8. The fourth-order valence-electron chi connectivity index (χ4n) is 3.62. The third-order valence-corrected chi connectivity index (χ3v) is 5.21. The van der Waals surface area contributed by atoms with Gasteiger partial charge in [0.15, 0.2) is 0 Å². The molecule has 0 spiro atoms. The van der Waals surface area contributed by atoms with Gasteiger partial charge in [-0.15, -0.1) is 0 Å². The predicted octanol–water partition coefficient (Wildman–Crippen LogP) is 3.76. The molecule has 0 bridgehead atoms. The third kappa shape index (κ3) is 7.27. The summed E-state index contributed by atoms with van der Waals surface area (Å²) in [6.07, 6.45) is -3.25. The fraction of sp³-hybridized carbons (Fsp3) is 0.500. The lowest BCUT2D eigenvalue weighted by atomic mass is 10.1. The molecule has 0 atom stereocenters. The van der Waals surface area contributed by atoms with Gasteiger partial charge < -0.3 is 19.9 Å². The fourth-order valence-corrected chi connectivity index (χ4v) is 3.62. The van der Waals surface area contributed by atoms with E-state index in [0.29, 0.717) is 19.4 Å². The molecule has 0 aliphatic carbocycles. The van der Waals surface area contributed by atoms with E-state index >= 15 is 0 Å². The summed E-state index contributed by atoms with van der Waals surface area (Å²) >= 11 is 0. The van der Waals surface area contributed by atoms with Gasteiger partial charge in [-0.25, -0.2) is 0 Å². The molecule has 1 N–H and O–H groups in total. The Morgan fingerprint density at radius 3 is 2.37 bits per heavy atom. The lowest BCUT2D eigenvalue weighted by Crippen LogP contribution is -2.47. The van der Waals surface area contributed by atoms with Crippen LogP contribution in [0.5, 0.6) is 0 Å². The molecule has 2 aromatic rings. The maximum atomic E-state index is 12.4. The average molecular weight is 423 g/mol. The highest BCUT2D eigenvalue weighted by molar-refractivity contribution is 6.02. The van der Waals surface area contributed by atoms with Gasteiger partial charge in [0.1, 0.15) is 6.61 Å². The number of carbonyl (C=O) groups excluding carboxylic acids is 1. The van der Waals surface area contributed by atoms with Gasteiger partial charge in [-0.1, -0.05) is 36.4 Å². The minimum atomic E-state index is -4.26. The molecular formula is C22H28F3N3O2. The Balaban J connectivity index is 1.32. The second kappa shape index (κ2) is 10.7. The zero-order chi connectivity index (χ0) is 21.4. The molecule has 2 aromatic carbocycles. The number of hydrogen-bond donors (Lipinski definition) is 1. The Hall–Kier alpha value is -2.16. The molecule has 30 heavy (non-hydrogen) atoms. The van der Waals surface area contributed by atoms with Crippen LogP contribution in [-0.4, -0.2) is 74.4 Å². The molecule has 1 amide bonds. The van der Waals surface area contributed by atoms with Gasteiger partial charge in [0.05, 0.1) is 0 Å². The van der Waals surface area contributed by atoms with Crippen LogP contribution in [0.25, 0.3) is 10.8 Å². The van der Waals surface area contributed by atoms with Crippen molar-refractivity contribution in [3.8, 4) is 0 Å². The van der Waals surface area contributed by atoms with Crippen molar-refractivity contribution in [1.29, 1.82) is 0 Å². The first-order valence-electron chi connectivity index (χ1n) is 10.3. The van der Waals surface area contributed by atoms with E-state index in [1.807, 2.05) is 42.5 Å². The number of fused-ring (bicyclic) bond motifs is 1. The molecule has 164 valence electrons. The van der Waals surface area contributed by atoms with Crippen molar-refractivity contribution in [1.82, 2.24) is 9.80 Å². The molecule has 0 radical (unpaired) electrons. The van der Waals surface area contributed by atoms with Gasteiger partial charge in [-0.05, 0) is 17.9 Å². The van der Waals surface area contributed by atoms with E-state index in [4.69, 9.17) is 0 Å². The first-order valence-corrected chi connectivity index (χ1v) is 10.3. The van der Waals surface area contributed by atoms with Crippen LogP contribution in [0.1, 0.15) is 12.8 Å². The summed E-state index contributed by atoms with van der Waals surface area (Å²) in [6.45, 7) is 3.77. The molecule has 1 heterocycles. The van der Waals surface area contributed by atoms with Crippen molar-refractivity contribution < 1.29 is 22.7 Å². The van der Waals surface area contributed by atoms with Crippen LogP contribution in [0.3, 0.4) is 0 Å². The highest BCUT2D eigenvalue weighted by atomic mass is 19.4. The van der Waals surface area contributed by atoms with Crippen molar-refractivity contribution in [2.75, 3.05) is 57.8 Å². The van der Waals surface area contributed by atoms with Gasteiger partial charge in [0.25, 0.3) is 0 Å². The molecule has 1 aliphatic rings. The van der Waals surface area contributed by atoms with E-state index in [9.17, 15) is 18.0 Å². The molecule has 5 nitrogen and oxygen atoms in total. The molecule has 0 unspecified atom stereocenters. The molecule has 1 fully saturated rings. The standard InChI is InChI=1S/C22H28F3N3O2/c23-22(24,25)17-30-16-4-10-27-12-14-28(15-13-27)11-9-21(29)26-20-8-3-6-18-5-1-2-7-19(18)20/h1-3,5-8H,4,9-17H2,(H,26,29). The highest BCUT2D eigenvalue weighted by Gasteiger charge is 2.27. The highest BCUT2D eigenvalue weighted by Crippen LogP contribution is 2.23. The molecule has 0 aromatic heterocycles. The summed E-state index contributed by atoms with van der Waals surface area (Å²) in [5, 5.41) is 5.14. The van der Waals surface area contributed by atoms with Gasteiger partial charge in [0, 0.05) is 63.4 Å². The van der Waals surface area contributed by atoms with E-state index in [1.165, 1.54) is 0 Å². The number of ether oxygens (including phenoxy) is 1. The van der Waals surface area contributed by atoms with Crippen LogP contribution in [-0.2, 0) is 9.53 Å². The summed E-state index contributed by atoms with van der Waals surface area (Å²) in [5.41, 5.74) is 0.829. The lowest BCUT2D eigenvalue weighted by Gasteiger charge is -2.34. The minimum absolute atomic E-state index is 0.00408. The Bertz CT molecular complexity index is 815. The maximum Gasteiger partial charge on any atom is 0.411 e. The summed E-state index contributed by atoms with van der Waals surface area (Å²) in [5.74, 6) is -0.00408. The largest absolute Gasteiger partial charge is 0.411 e. The summed E-state index contributed by atoms with van der Waals surface area (Å²) in [4.78, 5) is 16.9. The van der Waals surface area contributed by atoms with Crippen molar-refractivity contribution in [3.05, 3.63) is 42.5 Å². The Kier molecular flexibility index (Phi) is 8.07. The molecule has 1 aliphatic heterocycles. The van der Waals surface area contributed by atoms with E-state index in [2.05, 4.69) is 19.9 Å². The van der Waals surface area contributed by atoms with E-state index in [1.54, 1.807) is 0 Å². The number of benzene rings is 2. The monoisotopic (exact) mass is 423 g/mol. The number of hydrogen-bond acceptors (Lipinski definition) is 4. The molecule has 8 heteroatoms. The molecule has 0 saturated carbocycles. The predicted molar refractivity (Wildman–Crippen MR) is 112 cm³/mol. The number of alkyl halides is 3. The number of amides is 1. The second-order valence-electron chi connectivity index (χ2n) is 7.53. The summed E-state index contributed by atoms with van der Waals surface area (Å²) < 4.78 is 40.7. The number of halogens is 3. The third-order valence-electron chi connectivity index (χ3n) is 5.21. The van der Waals surface area contributed by atoms with Crippen LogP contribution in [0.2, 0.25) is 0 Å². The normalized spacial score (nSPS) is 16.1. The van der Waals surface area contributed by atoms with Crippen LogP contribution in [0.4, 0.5) is 18.9 Å². The Morgan fingerprint density at radius 2 is 1.63 bits per heavy atom. The topological polar surface area (TPSA) is 44.8 Å². The minimum Gasteiger partial charge on any atom is -0.372 e. The van der Waals surface area contributed by atoms with Crippen LogP contribution < -0.4 is 5.32 Å². The zero-order valence-electron chi connectivity index (χ0n) is 17.0. The van der Waals surface area contributed by atoms with E-state index in [-0.39, 0.29) is 12.5 Å². The lowest BCUT2D eigenvalue weighted by molar-refractivity contribution is -0.174. The second-order valence-corrected chi connectivity index (χ2v) is 7.53. The SMILES string of the molecule is O=C(CCN1CCN(CCCOCC(F)(F)F)CC1)Nc1cccc2ccccc12. The van der Waals surface area contributed by atoms with Gasteiger partial charge in [0.2, 0.25) is 5.91 Å². The van der Waals surface area contributed by atoms with Crippen molar-refractivity contribution in [2.24, 2.45) is 0 Å². The molecule has 1 saturated heterocycles. The first-order chi connectivity index (χ1) is 14.4. The van der Waals surface area contributed by atoms with Crippen LogP contribution >= 0.6 is 0 Å². The summed E-state index contributed by atoms with van der Waals surface area (Å²) in [7, 11) is 0. The quantitative estimate of drug-likeness (QED) is 0.624. The molecule has 3 rings (SSSR count). The smallest absolute Gasteiger partial charge is 0.372 e. The number of rotatable bonds is 9. The van der Waals surface area contributed by atoms with Gasteiger partial charge in [-0.2, -0.15) is 13.2 Å². The van der Waals surface area contributed by atoms with Gasteiger partial charge in [-0.3, -0.25) is 4.79 Å². The van der Waals surface area contributed by atoms with Crippen LogP contribution in [0, 0.1) is 0 Å². The number of nitrogens with one attached hydrogen (secondary N) is 1. The van der Waals surface area contributed by atoms with Crippen molar-refractivity contribution in [3.63, 3.8) is 0 Å². The Morgan fingerprint density at radius 1 is 0.967 bits per heavy atom. The Labute approximate surface area is 174 Å². The number of piperazine rings is 1. The van der Waals surface area contributed by atoms with Crippen molar-refractivity contribution in [2.45, 2.75) is 19.0 Å². The van der Waals surface area contributed by atoms with Crippen molar-refractivity contribution >= 4 is 22.4 Å². The van der Waals surface area contributed by atoms with E-state index < -0.39 is 12.8 Å². The molecular weight excluding hydrogens is 395 g/mol. The zero-order valence-corrected chi connectivity index (χ0v) is 17.0.